The van der Waals surface area contributed by atoms with Crippen molar-refractivity contribution in [3.63, 3.8) is 0 Å². The van der Waals surface area contributed by atoms with Crippen LogP contribution >= 0.6 is 12.2 Å². The molecule has 1 heterocycles. The summed E-state index contributed by atoms with van der Waals surface area (Å²) >= 11 is 5.16. The summed E-state index contributed by atoms with van der Waals surface area (Å²) in [5.41, 5.74) is 1.71. The fourth-order valence-electron chi connectivity index (χ4n) is 2.79. The first-order valence-corrected chi connectivity index (χ1v) is 8.35. The predicted molar refractivity (Wildman–Crippen MR) is 102 cm³/mol. The van der Waals surface area contributed by atoms with Crippen LogP contribution in [0.3, 0.4) is 0 Å². The average Bonchev–Trinajstić information content (AvgIpc) is 2.63. The zero-order valence-corrected chi connectivity index (χ0v) is 15.0. The molecule has 138 valence electrons. The molecule has 0 saturated carbocycles. The third kappa shape index (κ3) is 4.09. The lowest BCUT2D eigenvalue weighted by Gasteiger charge is -2.30. The van der Waals surface area contributed by atoms with Gasteiger partial charge in [-0.1, -0.05) is 12.1 Å². The minimum atomic E-state index is -0.668. The van der Waals surface area contributed by atoms with Crippen molar-refractivity contribution >= 4 is 34.6 Å². The number of benzene rings is 2. The zero-order valence-electron chi connectivity index (χ0n) is 14.2. The molecule has 2 aromatic carbocycles. The van der Waals surface area contributed by atoms with Crippen LogP contribution in [0.15, 0.2) is 59.8 Å². The zero-order chi connectivity index (χ0) is 19.6. The molecule has 1 aliphatic heterocycles. The van der Waals surface area contributed by atoms with Crippen LogP contribution in [0.2, 0.25) is 0 Å². The second kappa shape index (κ2) is 7.50. The van der Waals surface area contributed by atoms with Crippen LogP contribution in [0.25, 0.3) is 0 Å². The van der Waals surface area contributed by atoms with Gasteiger partial charge in [-0.15, -0.1) is 0 Å². The lowest BCUT2D eigenvalue weighted by Crippen LogP contribution is -2.45. The van der Waals surface area contributed by atoms with Crippen LogP contribution in [0.1, 0.15) is 18.5 Å². The Bertz CT molecular complexity index is 959. The van der Waals surface area contributed by atoms with E-state index in [-0.39, 0.29) is 5.69 Å². The Morgan fingerprint density at radius 3 is 2.63 bits per heavy atom. The monoisotopic (exact) mass is 386 g/mol. The maximum atomic E-state index is 13.1. The van der Waals surface area contributed by atoms with Crippen LogP contribution < -0.4 is 16.0 Å². The number of nitro groups is 1. The molecule has 1 unspecified atom stereocenters. The van der Waals surface area contributed by atoms with Gasteiger partial charge in [0, 0.05) is 23.5 Å². The summed E-state index contributed by atoms with van der Waals surface area (Å²) in [6.07, 6.45) is 0. The van der Waals surface area contributed by atoms with Crippen molar-refractivity contribution in [3.8, 4) is 0 Å². The van der Waals surface area contributed by atoms with Crippen molar-refractivity contribution in [2.45, 2.75) is 13.0 Å². The van der Waals surface area contributed by atoms with E-state index in [4.69, 9.17) is 12.2 Å². The maximum Gasteiger partial charge on any atom is 0.269 e. The van der Waals surface area contributed by atoms with E-state index in [0.717, 1.165) is 0 Å². The number of nitrogens with one attached hydrogen (secondary N) is 3. The lowest BCUT2D eigenvalue weighted by molar-refractivity contribution is -0.384. The van der Waals surface area contributed by atoms with E-state index >= 15 is 0 Å². The van der Waals surface area contributed by atoms with Gasteiger partial charge in [0.25, 0.3) is 11.6 Å². The highest BCUT2D eigenvalue weighted by Crippen LogP contribution is 2.29. The minimum absolute atomic E-state index is 0.0882. The van der Waals surface area contributed by atoms with Gasteiger partial charge in [-0.3, -0.25) is 14.9 Å². The summed E-state index contributed by atoms with van der Waals surface area (Å²) in [5.74, 6) is -0.845. The van der Waals surface area contributed by atoms with Crippen molar-refractivity contribution in [1.29, 1.82) is 0 Å². The minimum Gasteiger partial charge on any atom is -0.351 e. The van der Waals surface area contributed by atoms with Gasteiger partial charge in [0.1, 0.15) is 5.82 Å². The predicted octanol–water partition coefficient (Wildman–Crippen LogP) is 3.17. The van der Waals surface area contributed by atoms with Crippen LogP contribution in [-0.4, -0.2) is 15.9 Å². The van der Waals surface area contributed by atoms with Gasteiger partial charge in [-0.05, 0) is 49.0 Å². The molecule has 0 saturated heterocycles. The number of rotatable bonds is 4. The first kappa shape index (κ1) is 18.5. The fourth-order valence-corrected chi connectivity index (χ4v) is 3.07. The van der Waals surface area contributed by atoms with E-state index < -0.39 is 22.7 Å². The number of carbonyl (C=O) groups is 1. The van der Waals surface area contributed by atoms with E-state index in [1.807, 2.05) is 0 Å². The number of amides is 1. The second-order valence-electron chi connectivity index (χ2n) is 5.88. The third-order valence-electron chi connectivity index (χ3n) is 4.03. The summed E-state index contributed by atoms with van der Waals surface area (Å²) in [4.78, 5) is 23.4. The number of thiocarbonyl (C=S) groups is 1. The number of hydrogen-bond acceptors (Lipinski definition) is 4. The normalized spacial score (nSPS) is 16.4. The van der Waals surface area contributed by atoms with Crippen LogP contribution in [0.4, 0.5) is 15.8 Å². The largest absolute Gasteiger partial charge is 0.351 e. The maximum absolute atomic E-state index is 13.1. The van der Waals surface area contributed by atoms with Crippen LogP contribution in [0, 0.1) is 15.9 Å². The summed E-state index contributed by atoms with van der Waals surface area (Å²) in [5, 5.41) is 19.9. The van der Waals surface area contributed by atoms with Gasteiger partial charge >= 0.3 is 0 Å². The molecule has 27 heavy (non-hydrogen) atoms. The number of halogens is 1. The Morgan fingerprint density at radius 2 is 1.96 bits per heavy atom. The average molecular weight is 386 g/mol. The standard InChI is InChI=1S/C18H15FN4O3S/c1-10-15(17(24)21-13-7-5-12(19)6-8-13)16(22-18(27)20-10)11-3-2-4-14(9-11)23(25)26/h2-9,16H,1H3,(H,21,24)(H2,20,22,27). The Hall–Kier alpha value is -3.33. The van der Waals surface area contributed by atoms with E-state index in [2.05, 4.69) is 16.0 Å². The molecular formula is C18H15FN4O3S. The first-order valence-electron chi connectivity index (χ1n) is 7.94. The molecule has 0 radical (unpaired) electrons. The molecular weight excluding hydrogens is 371 g/mol. The smallest absolute Gasteiger partial charge is 0.269 e. The van der Waals surface area contributed by atoms with Crippen molar-refractivity contribution in [3.05, 3.63) is 81.3 Å². The van der Waals surface area contributed by atoms with Crippen molar-refractivity contribution in [2.75, 3.05) is 5.32 Å². The third-order valence-corrected chi connectivity index (χ3v) is 4.25. The Balaban J connectivity index is 1.96. The Kier molecular flexibility index (Phi) is 5.13. The highest BCUT2D eigenvalue weighted by molar-refractivity contribution is 7.80. The molecule has 1 aliphatic rings. The van der Waals surface area contributed by atoms with Gasteiger partial charge in [0.2, 0.25) is 0 Å². The van der Waals surface area contributed by atoms with Crippen molar-refractivity contribution < 1.29 is 14.1 Å². The number of hydrogen-bond donors (Lipinski definition) is 3. The molecule has 0 spiro atoms. The van der Waals surface area contributed by atoms with Crippen molar-refractivity contribution in [2.24, 2.45) is 0 Å². The van der Waals surface area contributed by atoms with Crippen LogP contribution in [-0.2, 0) is 4.79 Å². The fraction of sp³-hybridized carbons (Fsp3) is 0.111. The summed E-state index contributed by atoms with van der Waals surface area (Å²) in [6.45, 7) is 1.69. The van der Waals surface area contributed by atoms with Crippen molar-refractivity contribution in [1.82, 2.24) is 10.6 Å². The molecule has 1 amide bonds. The molecule has 9 heteroatoms. The molecule has 3 N–H and O–H groups in total. The van der Waals surface area contributed by atoms with Gasteiger partial charge < -0.3 is 16.0 Å². The number of anilines is 1. The molecule has 0 aromatic heterocycles. The summed E-state index contributed by atoms with van der Waals surface area (Å²) < 4.78 is 13.1. The van der Waals surface area contributed by atoms with Gasteiger partial charge in [-0.2, -0.15) is 0 Å². The topological polar surface area (TPSA) is 96.3 Å². The molecule has 0 bridgehead atoms. The molecule has 0 aliphatic carbocycles. The van der Waals surface area contributed by atoms with E-state index in [1.165, 1.54) is 36.4 Å². The molecule has 1 atom stereocenters. The summed E-state index contributed by atoms with van der Waals surface area (Å²) in [6, 6.07) is 10.7. The number of non-ortho nitro benzene ring substituents is 1. The van der Waals surface area contributed by atoms with Gasteiger partial charge in [0.05, 0.1) is 16.5 Å². The first-order chi connectivity index (χ1) is 12.8. The summed E-state index contributed by atoms with van der Waals surface area (Å²) in [7, 11) is 0. The highest BCUT2D eigenvalue weighted by Gasteiger charge is 2.30. The lowest BCUT2D eigenvalue weighted by atomic mass is 9.94. The van der Waals surface area contributed by atoms with E-state index in [1.54, 1.807) is 19.1 Å². The number of nitro benzene ring substituents is 1. The Labute approximate surface area is 159 Å². The SMILES string of the molecule is CC1=C(C(=O)Nc2ccc(F)cc2)C(c2cccc([N+](=O)[O-])c2)NC(=S)N1. The van der Waals surface area contributed by atoms with Crippen LogP contribution in [0.5, 0.6) is 0 Å². The number of allylic oxidation sites excluding steroid dienone is 1. The molecule has 2 aromatic rings. The molecule has 3 rings (SSSR count). The highest BCUT2D eigenvalue weighted by atomic mass is 32.1. The van der Waals surface area contributed by atoms with Gasteiger partial charge in [-0.25, -0.2) is 4.39 Å². The quantitative estimate of drug-likeness (QED) is 0.424. The Morgan fingerprint density at radius 1 is 1.26 bits per heavy atom. The molecule has 0 fully saturated rings. The number of carbonyl (C=O) groups excluding carboxylic acids is 1. The van der Waals surface area contributed by atoms with E-state index in [0.29, 0.717) is 27.6 Å². The van der Waals surface area contributed by atoms with E-state index in [9.17, 15) is 19.3 Å². The number of nitrogens with zero attached hydrogens (tertiary/aromatic N) is 1. The molecule has 7 nitrogen and oxygen atoms in total. The van der Waals surface area contributed by atoms with Gasteiger partial charge in [0.15, 0.2) is 5.11 Å². The second-order valence-corrected chi connectivity index (χ2v) is 6.29.